The van der Waals surface area contributed by atoms with Crippen LogP contribution in [-0.4, -0.2) is 30.4 Å². The van der Waals surface area contributed by atoms with Crippen molar-refractivity contribution < 1.29 is 5.21 Å². The highest BCUT2D eigenvalue weighted by molar-refractivity contribution is 7.99. The third-order valence-corrected chi connectivity index (χ3v) is 3.87. The highest BCUT2D eigenvalue weighted by Gasteiger charge is 2.15. The second kappa shape index (κ2) is 7.94. The molecule has 0 saturated carbocycles. The van der Waals surface area contributed by atoms with Gasteiger partial charge in [-0.3, -0.25) is 0 Å². The molecule has 0 radical (unpaired) electrons. The van der Waals surface area contributed by atoms with Crippen LogP contribution in [0.15, 0.2) is 28.3 Å². The molecule has 1 aromatic carbocycles. The molecule has 3 N–H and O–H groups in total. The summed E-state index contributed by atoms with van der Waals surface area (Å²) in [6.45, 7) is 5.22. The summed E-state index contributed by atoms with van der Waals surface area (Å²) >= 11 is 1.70. The van der Waals surface area contributed by atoms with Crippen molar-refractivity contribution in [2.45, 2.75) is 31.6 Å². The Kier molecular flexibility index (Phi) is 6.56. The summed E-state index contributed by atoms with van der Waals surface area (Å²) in [7, 11) is 2.04. The molecule has 106 valence electrons. The average Bonchev–Trinajstić information content (AvgIpc) is 2.44. The van der Waals surface area contributed by atoms with Crippen molar-refractivity contribution in [3.05, 3.63) is 23.8 Å². The van der Waals surface area contributed by atoms with Crippen molar-refractivity contribution in [1.82, 2.24) is 0 Å². The molecule has 0 aliphatic heterocycles. The van der Waals surface area contributed by atoms with Crippen LogP contribution in [0, 0.1) is 0 Å². The molecule has 0 aliphatic carbocycles. The van der Waals surface area contributed by atoms with E-state index < -0.39 is 0 Å². The molecule has 4 nitrogen and oxygen atoms in total. The minimum Gasteiger partial charge on any atom is -0.409 e. The first-order valence-corrected chi connectivity index (χ1v) is 7.59. The molecule has 5 heteroatoms. The van der Waals surface area contributed by atoms with Gasteiger partial charge in [0.25, 0.3) is 0 Å². The summed E-state index contributed by atoms with van der Waals surface area (Å²) in [5.41, 5.74) is 7.70. The van der Waals surface area contributed by atoms with Crippen LogP contribution < -0.4 is 10.6 Å². The topological polar surface area (TPSA) is 61.8 Å². The summed E-state index contributed by atoms with van der Waals surface area (Å²) in [5.74, 6) is 1.13. The van der Waals surface area contributed by atoms with E-state index in [-0.39, 0.29) is 5.84 Å². The molecule has 0 saturated heterocycles. The van der Waals surface area contributed by atoms with Crippen molar-refractivity contribution in [2.24, 2.45) is 10.9 Å². The first kappa shape index (κ1) is 15.7. The number of nitrogens with two attached hydrogens (primary N) is 1. The van der Waals surface area contributed by atoms with Gasteiger partial charge in [0, 0.05) is 24.2 Å². The average molecular weight is 281 g/mol. The molecule has 0 aromatic heterocycles. The van der Waals surface area contributed by atoms with Crippen LogP contribution in [0.2, 0.25) is 0 Å². The summed E-state index contributed by atoms with van der Waals surface area (Å²) in [6.07, 6.45) is 2.27. The molecule has 0 unspecified atom stereocenters. The van der Waals surface area contributed by atoms with Gasteiger partial charge in [0.15, 0.2) is 5.84 Å². The number of thioether (sulfide) groups is 1. The fourth-order valence-electron chi connectivity index (χ4n) is 1.94. The fourth-order valence-corrected chi connectivity index (χ4v) is 2.78. The number of benzene rings is 1. The second-order valence-corrected chi connectivity index (χ2v) is 5.65. The molecule has 0 fully saturated rings. The largest absolute Gasteiger partial charge is 0.409 e. The van der Waals surface area contributed by atoms with Gasteiger partial charge in [-0.1, -0.05) is 31.5 Å². The van der Waals surface area contributed by atoms with E-state index in [0.717, 1.165) is 41.3 Å². The lowest BCUT2D eigenvalue weighted by atomic mass is 10.1. The Labute approximate surface area is 119 Å². The molecular formula is C14H23N3OS. The first-order chi connectivity index (χ1) is 9.15. The first-order valence-electron chi connectivity index (χ1n) is 6.60. The molecule has 1 rings (SSSR count). The van der Waals surface area contributed by atoms with Crippen LogP contribution in [-0.2, 0) is 0 Å². The van der Waals surface area contributed by atoms with E-state index in [1.165, 1.54) is 0 Å². The third kappa shape index (κ3) is 4.06. The number of unbranched alkanes of at least 4 members (excludes halogenated alkanes) is 1. The van der Waals surface area contributed by atoms with Gasteiger partial charge in [0.1, 0.15) is 0 Å². The van der Waals surface area contributed by atoms with Crippen molar-refractivity contribution in [2.75, 3.05) is 24.2 Å². The van der Waals surface area contributed by atoms with E-state index in [2.05, 4.69) is 23.9 Å². The van der Waals surface area contributed by atoms with Crippen LogP contribution >= 0.6 is 11.8 Å². The highest BCUT2D eigenvalue weighted by Crippen LogP contribution is 2.30. The summed E-state index contributed by atoms with van der Waals surface area (Å²) in [5, 5.41) is 12.2. The molecule has 1 aromatic rings. The summed E-state index contributed by atoms with van der Waals surface area (Å²) in [4.78, 5) is 3.22. The van der Waals surface area contributed by atoms with Crippen molar-refractivity contribution in [3.8, 4) is 0 Å². The van der Waals surface area contributed by atoms with Gasteiger partial charge in [-0.15, -0.1) is 11.8 Å². The van der Waals surface area contributed by atoms with E-state index in [9.17, 15) is 0 Å². The van der Waals surface area contributed by atoms with Gasteiger partial charge in [-0.05, 0) is 24.3 Å². The Balaban J connectivity index is 3.18. The smallest absolute Gasteiger partial charge is 0.173 e. The Morgan fingerprint density at radius 3 is 2.74 bits per heavy atom. The lowest BCUT2D eigenvalue weighted by molar-refractivity contribution is 0.318. The predicted molar refractivity (Wildman–Crippen MR) is 83.5 cm³/mol. The van der Waals surface area contributed by atoms with E-state index in [0.29, 0.717) is 0 Å². The molecule has 0 heterocycles. The van der Waals surface area contributed by atoms with Crippen LogP contribution in [0.4, 0.5) is 5.69 Å². The zero-order chi connectivity index (χ0) is 14.3. The van der Waals surface area contributed by atoms with Crippen LogP contribution in [0.25, 0.3) is 0 Å². The van der Waals surface area contributed by atoms with E-state index >= 15 is 0 Å². The number of hydrogen-bond acceptors (Lipinski definition) is 4. The molecule has 19 heavy (non-hydrogen) atoms. The molecule has 0 atom stereocenters. The molecule has 0 bridgehead atoms. The second-order valence-electron chi connectivity index (χ2n) is 4.34. The maximum atomic E-state index is 9.00. The summed E-state index contributed by atoms with van der Waals surface area (Å²) < 4.78 is 0. The van der Waals surface area contributed by atoms with Crippen molar-refractivity contribution in [1.29, 1.82) is 0 Å². The Bertz CT molecular complexity index is 435. The highest BCUT2D eigenvalue weighted by atomic mass is 32.2. The maximum absolute atomic E-state index is 9.00. The number of hydrogen-bond donors (Lipinski definition) is 2. The minimum absolute atomic E-state index is 0.176. The van der Waals surface area contributed by atoms with Gasteiger partial charge in [0.05, 0.1) is 5.56 Å². The molecule has 0 amide bonds. The summed E-state index contributed by atoms with van der Waals surface area (Å²) in [6, 6.07) is 6.05. The minimum atomic E-state index is 0.176. The zero-order valence-corrected chi connectivity index (χ0v) is 12.7. The number of rotatable bonds is 7. The normalized spacial score (nSPS) is 11.6. The molecular weight excluding hydrogens is 258 g/mol. The van der Waals surface area contributed by atoms with Gasteiger partial charge in [0.2, 0.25) is 0 Å². The Morgan fingerprint density at radius 2 is 2.16 bits per heavy atom. The fraction of sp³-hybridized carbons (Fsp3) is 0.500. The lowest BCUT2D eigenvalue weighted by Gasteiger charge is -2.23. The predicted octanol–water partition coefficient (Wildman–Crippen LogP) is 3.13. The quantitative estimate of drug-likeness (QED) is 0.265. The maximum Gasteiger partial charge on any atom is 0.173 e. The Hall–Kier alpha value is -1.36. The standard InChI is InChI=1S/C14H23N3OS/c1-4-6-10-17(3)11-8-7-9-12(19-5-2)13(11)14(15)16-18/h7-9,18H,4-6,10H2,1-3H3,(H2,15,16). The van der Waals surface area contributed by atoms with E-state index in [1.54, 1.807) is 11.8 Å². The van der Waals surface area contributed by atoms with Crippen LogP contribution in [0.3, 0.4) is 0 Å². The van der Waals surface area contributed by atoms with Gasteiger partial charge < -0.3 is 15.8 Å². The van der Waals surface area contributed by atoms with E-state index in [4.69, 9.17) is 10.9 Å². The lowest BCUT2D eigenvalue weighted by Crippen LogP contribution is -2.24. The molecule has 0 spiro atoms. The van der Waals surface area contributed by atoms with Crippen molar-refractivity contribution in [3.63, 3.8) is 0 Å². The number of nitrogens with zero attached hydrogens (tertiary/aromatic N) is 2. The van der Waals surface area contributed by atoms with Crippen LogP contribution in [0.5, 0.6) is 0 Å². The third-order valence-electron chi connectivity index (χ3n) is 2.93. The number of anilines is 1. The van der Waals surface area contributed by atoms with Gasteiger partial charge >= 0.3 is 0 Å². The van der Waals surface area contributed by atoms with E-state index in [1.807, 2.05) is 25.2 Å². The monoisotopic (exact) mass is 281 g/mol. The molecule has 0 aliphatic rings. The zero-order valence-electron chi connectivity index (χ0n) is 11.9. The van der Waals surface area contributed by atoms with Gasteiger partial charge in [-0.2, -0.15) is 0 Å². The number of oxime groups is 1. The van der Waals surface area contributed by atoms with Crippen molar-refractivity contribution >= 4 is 23.3 Å². The Morgan fingerprint density at radius 1 is 1.42 bits per heavy atom. The number of amidine groups is 1. The van der Waals surface area contributed by atoms with Gasteiger partial charge in [-0.25, -0.2) is 0 Å². The van der Waals surface area contributed by atoms with Crippen LogP contribution in [0.1, 0.15) is 32.3 Å². The SMILES string of the molecule is CCCCN(C)c1cccc(SCC)c1/C(N)=N/O.